The summed E-state index contributed by atoms with van der Waals surface area (Å²) in [6, 6.07) is 12.2. The van der Waals surface area contributed by atoms with Gasteiger partial charge in [-0.05, 0) is 37.1 Å². The highest BCUT2D eigenvalue weighted by Gasteiger charge is 2.13. The SMILES string of the molecule is Cc1ccc2c(CC(=O)NCCc3nc4ccccc4s3)coc2c1C. The number of thiazole rings is 1. The van der Waals surface area contributed by atoms with Crippen LogP contribution < -0.4 is 5.32 Å². The summed E-state index contributed by atoms with van der Waals surface area (Å²) in [4.78, 5) is 16.9. The molecule has 1 amide bonds. The Morgan fingerprint density at radius 1 is 1.19 bits per heavy atom. The van der Waals surface area contributed by atoms with Crippen molar-refractivity contribution in [2.45, 2.75) is 26.7 Å². The maximum absolute atomic E-state index is 12.3. The molecule has 0 spiro atoms. The Balaban J connectivity index is 1.37. The molecule has 4 aromatic rings. The molecule has 132 valence electrons. The number of carbonyl (C=O) groups is 1. The summed E-state index contributed by atoms with van der Waals surface area (Å²) >= 11 is 1.68. The minimum atomic E-state index is 0.00652. The van der Waals surface area contributed by atoms with Crippen molar-refractivity contribution < 1.29 is 9.21 Å². The Bertz CT molecular complexity index is 1060. The molecular formula is C21H20N2O2S. The molecule has 5 heteroatoms. The molecule has 0 saturated heterocycles. The average Bonchev–Trinajstić information content (AvgIpc) is 3.22. The second kappa shape index (κ2) is 6.92. The van der Waals surface area contributed by atoms with Crippen molar-refractivity contribution in [1.29, 1.82) is 0 Å². The van der Waals surface area contributed by atoms with Gasteiger partial charge in [0.15, 0.2) is 0 Å². The Kier molecular flexibility index (Phi) is 4.47. The lowest BCUT2D eigenvalue weighted by molar-refractivity contribution is -0.120. The third-order valence-electron chi connectivity index (χ3n) is 4.69. The number of carbonyl (C=O) groups excluding carboxylic acids is 1. The summed E-state index contributed by atoms with van der Waals surface area (Å²) < 4.78 is 6.87. The van der Waals surface area contributed by atoms with Gasteiger partial charge in [0.2, 0.25) is 5.91 Å². The van der Waals surface area contributed by atoms with E-state index in [0.717, 1.165) is 39.0 Å². The molecule has 0 radical (unpaired) electrons. The number of fused-ring (bicyclic) bond motifs is 2. The van der Waals surface area contributed by atoms with Crippen LogP contribution in [0.3, 0.4) is 0 Å². The van der Waals surface area contributed by atoms with Crippen LogP contribution in [0.1, 0.15) is 21.7 Å². The van der Waals surface area contributed by atoms with E-state index in [1.165, 1.54) is 10.3 Å². The summed E-state index contributed by atoms with van der Waals surface area (Å²) in [5.41, 5.74) is 5.15. The molecule has 0 saturated carbocycles. The number of hydrogen-bond donors (Lipinski definition) is 1. The summed E-state index contributed by atoms with van der Waals surface area (Å²) in [7, 11) is 0. The highest BCUT2D eigenvalue weighted by molar-refractivity contribution is 7.18. The Labute approximate surface area is 155 Å². The minimum absolute atomic E-state index is 0.00652. The van der Waals surface area contributed by atoms with Crippen molar-refractivity contribution in [2.75, 3.05) is 6.54 Å². The molecule has 0 atom stereocenters. The van der Waals surface area contributed by atoms with Crippen LogP contribution in [0.2, 0.25) is 0 Å². The number of furan rings is 1. The fourth-order valence-electron chi connectivity index (χ4n) is 3.10. The van der Waals surface area contributed by atoms with Gasteiger partial charge in [0.25, 0.3) is 0 Å². The molecule has 26 heavy (non-hydrogen) atoms. The van der Waals surface area contributed by atoms with Crippen molar-refractivity contribution >= 4 is 38.4 Å². The van der Waals surface area contributed by atoms with E-state index in [2.05, 4.69) is 29.4 Å². The Hall–Kier alpha value is -2.66. The van der Waals surface area contributed by atoms with Crippen LogP contribution in [-0.4, -0.2) is 17.4 Å². The van der Waals surface area contributed by atoms with Crippen LogP contribution in [0.25, 0.3) is 21.2 Å². The van der Waals surface area contributed by atoms with Gasteiger partial charge in [0.05, 0.1) is 27.9 Å². The maximum Gasteiger partial charge on any atom is 0.224 e. The fraction of sp³-hybridized carbons (Fsp3) is 0.238. The molecule has 0 fully saturated rings. The lowest BCUT2D eigenvalue weighted by Gasteiger charge is -2.04. The van der Waals surface area contributed by atoms with Gasteiger partial charge in [-0.3, -0.25) is 4.79 Å². The van der Waals surface area contributed by atoms with E-state index in [1.807, 2.05) is 31.2 Å². The van der Waals surface area contributed by atoms with Crippen LogP contribution in [0, 0.1) is 13.8 Å². The number of para-hydroxylation sites is 1. The highest BCUT2D eigenvalue weighted by Crippen LogP contribution is 2.26. The molecular weight excluding hydrogens is 344 g/mol. The normalized spacial score (nSPS) is 11.3. The van der Waals surface area contributed by atoms with Crippen molar-refractivity contribution in [3.8, 4) is 0 Å². The first kappa shape index (κ1) is 16.8. The summed E-state index contributed by atoms with van der Waals surface area (Å²) in [5, 5.41) is 5.06. The van der Waals surface area contributed by atoms with Crippen LogP contribution in [-0.2, 0) is 17.6 Å². The van der Waals surface area contributed by atoms with E-state index in [1.54, 1.807) is 17.6 Å². The van der Waals surface area contributed by atoms with E-state index < -0.39 is 0 Å². The van der Waals surface area contributed by atoms with Crippen LogP contribution in [0.5, 0.6) is 0 Å². The average molecular weight is 364 g/mol. The zero-order valence-electron chi connectivity index (χ0n) is 14.8. The van der Waals surface area contributed by atoms with E-state index in [4.69, 9.17) is 4.42 Å². The first-order chi connectivity index (χ1) is 12.6. The molecule has 0 aliphatic carbocycles. The van der Waals surface area contributed by atoms with Crippen molar-refractivity contribution in [3.63, 3.8) is 0 Å². The topological polar surface area (TPSA) is 55.1 Å². The molecule has 2 aromatic heterocycles. The molecule has 0 aliphatic rings. The number of nitrogens with zero attached hydrogens (tertiary/aromatic N) is 1. The molecule has 0 unspecified atom stereocenters. The van der Waals surface area contributed by atoms with Gasteiger partial charge in [-0.25, -0.2) is 4.98 Å². The van der Waals surface area contributed by atoms with Crippen molar-refractivity contribution in [1.82, 2.24) is 10.3 Å². The first-order valence-corrected chi connectivity index (χ1v) is 9.51. The molecule has 4 rings (SSSR count). The van der Waals surface area contributed by atoms with E-state index in [9.17, 15) is 4.79 Å². The minimum Gasteiger partial charge on any atom is -0.464 e. The number of benzene rings is 2. The van der Waals surface area contributed by atoms with Gasteiger partial charge in [0.1, 0.15) is 5.58 Å². The number of aryl methyl sites for hydroxylation is 2. The number of rotatable bonds is 5. The monoisotopic (exact) mass is 364 g/mol. The smallest absolute Gasteiger partial charge is 0.224 e. The third kappa shape index (κ3) is 3.22. The molecule has 4 nitrogen and oxygen atoms in total. The Morgan fingerprint density at radius 3 is 2.88 bits per heavy atom. The molecule has 2 heterocycles. The second-order valence-electron chi connectivity index (χ2n) is 6.50. The standard InChI is InChI=1S/C21H20N2O2S/c1-13-7-8-16-15(12-25-21(16)14(13)2)11-19(24)22-10-9-20-23-17-5-3-4-6-18(17)26-20/h3-8,12H,9-11H2,1-2H3,(H,22,24). The van der Waals surface area contributed by atoms with E-state index in [0.29, 0.717) is 13.0 Å². The summed E-state index contributed by atoms with van der Waals surface area (Å²) in [6.45, 7) is 4.70. The van der Waals surface area contributed by atoms with Gasteiger partial charge in [-0.2, -0.15) is 0 Å². The molecule has 0 aliphatic heterocycles. The van der Waals surface area contributed by atoms with Gasteiger partial charge >= 0.3 is 0 Å². The van der Waals surface area contributed by atoms with E-state index >= 15 is 0 Å². The van der Waals surface area contributed by atoms with Crippen LogP contribution >= 0.6 is 11.3 Å². The summed E-state index contributed by atoms with van der Waals surface area (Å²) in [6.07, 6.45) is 2.77. The number of hydrogen-bond acceptors (Lipinski definition) is 4. The highest BCUT2D eigenvalue weighted by atomic mass is 32.1. The lowest BCUT2D eigenvalue weighted by atomic mass is 10.0. The zero-order valence-corrected chi connectivity index (χ0v) is 15.7. The molecule has 2 aromatic carbocycles. The number of amides is 1. The predicted molar refractivity (Wildman–Crippen MR) is 106 cm³/mol. The van der Waals surface area contributed by atoms with E-state index in [-0.39, 0.29) is 5.91 Å². The quantitative estimate of drug-likeness (QED) is 0.565. The predicted octanol–water partition coefficient (Wildman–Crippen LogP) is 4.56. The van der Waals surface area contributed by atoms with Gasteiger partial charge in [0, 0.05) is 23.9 Å². The van der Waals surface area contributed by atoms with Gasteiger partial charge in [-0.15, -0.1) is 11.3 Å². The van der Waals surface area contributed by atoms with Crippen molar-refractivity contribution in [3.05, 3.63) is 64.4 Å². The molecule has 0 bridgehead atoms. The second-order valence-corrected chi connectivity index (χ2v) is 7.61. The first-order valence-electron chi connectivity index (χ1n) is 8.69. The Morgan fingerprint density at radius 2 is 2.04 bits per heavy atom. The lowest BCUT2D eigenvalue weighted by Crippen LogP contribution is -2.27. The van der Waals surface area contributed by atoms with Gasteiger partial charge in [-0.1, -0.05) is 24.3 Å². The zero-order chi connectivity index (χ0) is 18.1. The third-order valence-corrected chi connectivity index (χ3v) is 5.79. The van der Waals surface area contributed by atoms with Crippen LogP contribution in [0.4, 0.5) is 0 Å². The molecule has 1 N–H and O–H groups in total. The van der Waals surface area contributed by atoms with Gasteiger partial charge < -0.3 is 9.73 Å². The summed E-state index contributed by atoms with van der Waals surface area (Å²) in [5.74, 6) is 0.00652. The van der Waals surface area contributed by atoms with Crippen LogP contribution in [0.15, 0.2) is 47.1 Å². The fourth-order valence-corrected chi connectivity index (χ4v) is 4.06. The number of nitrogens with one attached hydrogen (secondary N) is 1. The van der Waals surface area contributed by atoms with Crippen molar-refractivity contribution in [2.24, 2.45) is 0 Å². The largest absolute Gasteiger partial charge is 0.464 e. The number of aromatic nitrogens is 1. The maximum atomic E-state index is 12.3.